The number of amides is 2. The van der Waals surface area contributed by atoms with Crippen molar-refractivity contribution in [3.8, 4) is 17.9 Å². The summed E-state index contributed by atoms with van der Waals surface area (Å²) in [5.74, 6) is -0.223. The molecule has 0 saturated carbocycles. The predicted octanol–water partition coefficient (Wildman–Crippen LogP) is 4.74. The minimum Gasteiger partial charge on any atom is -0.408 e. The fraction of sp³-hybridized carbons (Fsp3) is 0.250. The third-order valence-electron chi connectivity index (χ3n) is 8.79. The highest BCUT2D eigenvalue weighted by atomic mass is 35.5. The molecule has 6 rings (SSSR count). The van der Waals surface area contributed by atoms with Crippen molar-refractivity contribution in [1.29, 1.82) is 10.5 Å². The molecule has 1 saturated heterocycles. The molecule has 1 aliphatic heterocycles. The Hall–Kier alpha value is -6.22. The van der Waals surface area contributed by atoms with Crippen LogP contribution in [0.4, 0.5) is 22.2 Å². The second-order valence-electron chi connectivity index (χ2n) is 11.8. The van der Waals surface area contributed by atoms with Crippen LogP contribution in [-0.2, 0) is 4.79 Å². The Morgan fingerprint density at radius 2 is 1.67 bits per heavy atom. The number of fused-ring (bicyclic) bond motifs is 1. The topological polar surface area (TPSA) is 182 Å². The molecule has 5 aromatic rings. The monoisotopic (exact) mass is 703 g/mol. The summed E-state index contributed by atoms with van der Waals surface area (Å²) in [5.41, 5.74) is 8.68. The number of imidazole rings is 1. The molecule has 0 spiro atoms. The first-order valence-electron chi connectivity index (χ1n) is 16.3. The summed E-state index contributed by atoms with van der Waals surface area (Å²) in [6.07, 6.45) is 0.430. The molecule has 1 atom stereocenters. The zero-order chi connectivity index (χ0) is 36.1. The maximum Gasteiger partial charge on any atom is 0.419 e. The number of hydrogen-bond donors (Lipinski definition) is 2. The summed E-state index contributed by atoms with van der Waals surface area (Å²) < 4.78 is 6.99. The number of halogens is 1. The van der Waals surface area contributed by atoms with Crippen molar-refractivity contribution in [3.05, 3.63) is 106 Å². The minimum absolute atomic E-state index is 0.0406. The van der Waals surface area contributed by atoms with Crippen LogP contribution in [0.5, 0.6) is 5.75 Å². The van der Waals surface area contributed by atoms with Gasteiger partial charge in [0.1, 0.15) is 11.1 Å². The lowest BCUT2D eigenvalue weighted by atomic mass is 9.97. The van der Waals surface area contributed by atoms with E-state index >= 15 is 0 Å². The molecule has 3 N–H and O–H groups in total. The van der Waals surface area contributed by atoms with Crippen LogP contribution < -0.4 is 25.6 Å². The van der Waals surface area contributed by atoms with Gasteiger partial charge in [-0.15, -0.1) is 5.10 Å². The predicted molar refractivity (Wildman–Crippen MR) is 192 cm³/mol. The van der Waals surface area contributed by atoms with E-state index in [0.717, 1.165) is 11.1 Å². The van der Waals surface area contributed by atoms with Gasteiger partial charge < -0.3 is 20.3 Å². The number of nitrogens with two attached hydrogens (primary N) is 1. The molecule has 1 unspecified atom stereocenters. The van der Waals surface area contributed by atoms with Gasteiger partial charge in [-0.05, 0) is 31.0 Å². The fourth-order valence-corrected chi connectivity index (χ4v) is 6.43. The summed E-state index contributed by atoms with van der Waals surface area (Å²) >= 11 is 6.78. The van der Waals surface area contributed by atoms with Crippen LogP contribution >= 0.6 is 11.6 Å². The largest absolute Gasteiger partial charge is 0.419 e. The first kappa shape index (κ1) is 34.6. The van der Waals surface area contributed by atoms with Gasteiger partial charge >= 0.3 is 6.09 Å². The van der Waals surface area contributed by atoms with Crippen LogP contribution in [0.3, 0.4) is 0 Å². The van der Waals surface area contributed by atoms with Gasteiger partial charge in [0.15, 0.2) is 22.9 Å². The van der Waals surface area contributed by atoms with E-state index in [9.17, 15) is 20.1 Å². The summed E-state index contributed by atoms with van der Waals surface area (Å²) in [7, 11) is 0. The van der Waals surface area contributed by atoms with Gasteiger partial charge in [-0.2, -0.15) is 20.0 Å². The summed E-state index contributed by atoms with van der Waals surface area (Å²) in [6, 6.07) is 26.3. The Bertz CT molecular complexity index is 2100. The van der Waals surface area contributed by atoms with Crippen molar-refractivity contribution >= 4 is 46.7 Å². The second kappa shape index (κ2) is 15.1. The van der Waals surface area contributed by atoms with Gasteiger partial charge in [0.25, 0.3) is 5.95 Å². The third-order valence-corrected chi connectivity index (χ3v) is 9.17. The van der Waals surface area contributed by atoms with Crippen molar-refractivity contribution in [2.45, 2.75) is 25.9 Å². The maximum absolute atomic E-state index is 13.4. The smallest absolute Gasteiger partial charge is 0.408 e. The maximum atomic E-state index is 13.4. The van der Waals surface area contributed by atoms with E-state index in [1.54, 1.807) is 13.0 Å². The number of rotatable bonds is 10. The molecular weight excluding hydrogens is 670 g/mol. The zero-order valence-corrected chi connectivity index (χ0v) is 28.7. The molecule has 258 valence electrons. The molecule has 1 aliphatic rings. The van der Waals surface area contributed by atoms with Gasteiger partial charge in [0.2, 0.25) is 5.91 Å². The highest BCUT2D eigenvalue weighted by Crippen LogP contribution is 2.38. The van der Waals surface area contributed by atoms with Gasteiger partial charge in [-0.3, -0.25) is 15.0 Å². The SMILES string of the molecule is CCN(c1nc(NC(=O)Oc2cc(C#N)cc(N3CCN(C(C)C(N)=O)CC3)c2Cl)nn2c(C#N)cnc12)C(c1ccccc1)c1ccccc1. The number of ether oxygens (including phenoxy) is 1. The number of carbonyl (C=O) groups is 2. The molecule has 3 heterocycles. The Morgan fingerprint density at radius 3 is 2.24 bits per heavy atom. The van der Waals surface area contributed by atoms with Crippen molar-refractivity contribution in [3.63, 3.8) is 0 Å². The highest BCUT2D eigenvalue weighted by Gasteiger charge is 2.29. The van der Waals surface area contributed by atoms with Crippen molar-refractivity contribution in [2.75, 3.05) is 47.8 Å². The summed E-state index contributed by atoms with van der Waals surface area (Å²) in [5, 5.41) is 26.7. The summed E-state index contributed by atoms with van der Waals surface area (Å²) in [6.45, 7) is 6.30. The molecule has 14 nitrogen and oxygen atoms in total. The number of nitriles is 2. The molecule has 0 radical (unpaired) electrons. The van der Waals surface area contributed by atoms with E-state index in [1.807, 2.05) is 82.3 Å². The minimum atomic E-state index is -0.965. The molecule has 1 fully saturated rings. The molecular formula is C36H34ClN11O3. The standard InChI is InChI=1S/C36H34ClN11O3/c1-3-47(31(25-10-6-4-7-11-25)26-12-8-5-9-13-26)34-33-41-22-27(21-39)48(33)44-35(42-34)43-36(50)51-29-19-24(20-38)18-28(30(29)37)46-16-14-45(15-17-46)23(2)32(40)49/h4-13,18-19,22-23,31H,3,14-17H2,1-2H3,(H2,40,49)(H,43,44,50). The Balaban J connectivity index is 1.31. The molecule has 2 aromatic heterocycles. The first-order chi connectivity index (χ1) is 24.7. The second-order valence-corrected chi connectivity index (χ2v) is 12.2. The quantitative estimate of drug-likeness (QED) is 0.205. The van der Waals surface area contributed by atoms with Crippen molar-refractivity contribution < 1.29 is 14.3 Å². The lowest BCUT2D eigenvalue weighted by molar-refractivity contribution is -0.122. The van der Waals surface area contributed by atoms with E-state index in [0.29, 0.717) is 49.9 Å². The number of aromatic nitrogens is 4. The van der Waals surface area contributed by atoms with Crippen LogP contribution in [0.2, 0.25) is 5.02 Å². The van der Waals surface area contributed by atoms with E-state index < -0.39 is 18.0 Å². The van der Waals surface area contributed by atoms with Crippen LogP contribution in [-0.4, -0.2) is 75.2 Å². The van der Waals surface area contributed by atoms with Crippen LogP contribution in [0.25, 0.3) is 5.65 Å². The zero-order valence-electron chi connectivity index (χ0n) is 27.9. The molecule has 15 heteroatoms. The average Bonchev–Trinajstić information content (AvgIpc) is 3.58. The number of nitrogens with zero attached hydrogens (tertiary/aromatic N) is 9. The van der Waals surface area contributed by atoms with E-state index in [-0.39, 0.29) is 34.0 Å². The van der Waals surface area contributed by atoms with Crippen LogP contribution in [0.1, 0.15) is 42.3 Å². The number of nitrogens with one attached hydrogen (secondary N) is 1. The number of hydrogen-bond acceptors (Lipinski definition) is 11. The average molecular weight is 704 g/mol. The molecule has 2 amide bonds. The number of carbonyl (C=O) groups excluding carboxylic acids is 2. The normalized spacial score (nSPS) is 13.7. The Labute approximate surface area is 299 Å². The van der Waals surface area contributed by atoms with E-state index in [4.69, 9.17) is 27.1 Å². The van der Waals surface area contributed by atoms with Crippen molar-refractivity contribution in [1.82, 2.24) is 24.5 Å². The number of benzene rings is 3. The van der Waals surface area contributed by atoms with Gasteiger partial charge in [0.05, 0.1) is 35.6 Å². The molecule has 3 aromatic carbocycles. The van der Waals surface area contributed by atoms with E-state index in [2.05, 4.69) is 27.5 Å². The number of piperazine rings is 1. The first-order valence-corrected chi connectivity index (χ1v) is 16.6. The third kappa shape index (κ3) is 7.23. The highest BCUT2D eigenvalue weighted by molar-refractivity contribution is 6.35. The lowest BCUT2D eigenvalue weighted by Gasteiger charge is -2.38. The van der Waals surface area contributed by atoms with Crippen LogP contribution in [0.15, 0.2) is 79.0 Å². The van der Waals surface area contributed by atoms with Gasteiger partial charge in [0, 0.05) is 38.8 Å². The lowest BCUT2D eigenvalue weighted by Crippen LogP contribution is -2.53. The fourth-order valence-electron chi connectivity index (χ4n) is 6.17. The van der Waals surface area contributed by atoms with Crippen molar-refractivity contribution in [2.24, 2.45) is 5.73 Å². The Morgan fingerprint density at radius 1 is 1.02 bits per heavy atom. The number of anilines is 3. The van der Waals surface area contributed by atoms with Gasteiger partial charge in [-0.1, -0.05) is 72.3 Å². The van der Waals surface area contributed by atoms with Crippen LogP contribution in [0, 0.1) is 22.7 Å². The molecule has 0 bridgehead atoms. The van der Waals surface area contributed by atoms with E-state index in [1.165, 1.54) is 16.8 Å². The molecule has 0 aliphatic carbocycles. The summed E-state index contributed by atoms with van der Waals surface area (Å²) in [4.78, 5) is 40.3. The van der Waals surface area contributed by atoms with Gasteiger partial charge in [-0.25, -0.2) is 9.78 Å². The molecule has 51 heavy (non-hydrogen) atoms. The number of primary amides is 1. The Kier molecular flexibility index (Phi) is 10.3.